The maximum absolute atomic E-state index is 10.8. The third kappa shape index (κ3) is 12.2. The lowest BCUT2D eigenvalue weighted by molar-refractivity contribution is -0.143. The number of benzene rings is 2. The van der Waals surface area contributed by atoms with Gasteiger partial charge in [0, 0.05) is 81.8 Å². The van der Waals surface area contributed by atoms with Gasteiger partial charge in [0.2, 0.25) is 0 Å². The molecule has 16 bridgehead atoms. The van der Waals surface area contributed by atoms with Crippen LogP contribution in [0.1, 0.15) is 207 Å². The molecular formula is C73H95ClN8O4S. The zero-order chi connectivity index (χ0) is 58.8. The monoisotopic (exact) mass is 1210 g/mol. The molecule has 16 saturated carbocycles. The van der Waals surface area contributed by atoms with Crippen LogP contribution < -0.4 is 21.3 Å². The predicted octanol–water partition coefficient (Wildman–Crippen LogP) is 15.0. The summed E-state index contributed by atoms with van der Waals surface area (Å²) < 4.78 is 11.7. The van der Waals surface area contributed by atoms with Crippen LogP contribution in [0.25, 0.3) is 28.4 Å². The van der Waals surface area contributed by atoms with Gasteiger partial charge < -0.3 is 45.5 Å². The van der Waals surface area contributed by atoms with Gasteiger partial charge >= 0.3 is 0 Å². The lowest BCUT2D eigenvalue weighted by Gasteiger charge is -2.60. The molecule has 17 aliphatic carbocycles. The van der Waals surface area contributed by atoms with Crippen molar-refractivity contribution in [1.82, 2.24) is 41.5 Å². The molecule has 23 rings (SSSR count). The Morgan fingerprint density at radius 1 is 0.563 bits per heavy atom. The number of thiophene rings is 1. The van der Waals surface area contributed by atoms with Crippen molar-refractivity contribution in [1.29, 1.82) is 0 Å². The van der Waals surface area contributed by atoms with Crippen molar-refractivity contribution >= 4 is 39.9 Å². The number of H-pyrrole nitrogens is 1. The molecular weight excluding hydrogens is 1120 g/mol. The van der Waals surface area contributed by atoms with Crippen molar-refractivity contribution < 1.29 is 19.3 Å². The Kier molecular flexibility index (Phi) is 15.0. The first-order chi connectivity index (χ1) is 42.0. The average Bonchev–Trinajstić information content (AvgIpc) is 1.65. The Labute approximate surface area is 524 Å². The number of halogens is 1. The zero-order valence-corrected chi connectivity index (χ0v) is 53.3. The fraction of sp³-hybridized carbons (Fsp3) is 0.658. The van der Waals surface area contributed by atoms with Crippen LogP contribution in [0.5, 0.6) is 0 Å². The average molecular weight is 1220 g/mol. The van der Waals surface area contributed by atoms with Crippen LogP contribution in [-0.4, -0.2) is 70.4 Å². The second kappa shape index (κ2) is 22.6. The highest BCUT2D eigenvalue weighted by atomic mass is 35.5. The third-order valence-electron chi connectivity index (χ3n) is 24.5. The number of nitrogens with zero attached hydrogens (tertiary/aromatic N) is 3. The highest BCUT2D eigenvalue weighted by Gasteiger charge is 2.59. The Hall–Kier alpha value is -4.18. The van der Waals surface area contributed by atoms with Crippen molar-refractivity contribution in [2.45, 2.75) is 233 Å². The minimum atomic E-state index is -0.441. The smallest absolute Gasteiger partial charge is 0.257 e. The van der Waals surface area contributed by atoms with Gasteiger partial charge in [-0.1, -0.05) is 83.8 Å². The van der Waals surface area contributed by atoms with Crippen molar-refractivity contribution in [2.75, 3.05) is 6.54 Å². The first kappa shape index (κ1) is 57.9. The number of aromatic nitrogens is 4. The number of aromatic amines is 1. The topological polar surface area (TPSA) is 169 Å². The molecule has 4 atom stereocenters. The van der Waals surface area contributed by atoms with Crippen LogP contribution in [0, 0.1) is 59.2 Å². The fourth-order valence-corrected chi connectivity index (χ4v) is 24.1. The zero-order valence-electron chi connectivity index (χ0n) is 51.7. The molecule has 0 spiro atoms. The summed E-state index contributed by atoms with van der Waals surface area (Å²) in [6, 6.07) is 24.9. The van der Waals surface area contributed by atoms with E-state index in [4.69, 9.17) is 20.6 Å². The quantitative estimate of drug-likeness (QED) is 0.0554. The van der Waals surface area contributed by atoms with Crippen LogP contribution in [0.2, 0.25) is 4.34 Å². The van der Waals surface area contributed by atoms with Crippen LogP contribution in [0.3, 0.4) is 0 Å². The number of para-hydroxylation sites is 1. The molecule has 87 heavy (non-hydrogen) atoms. The van der Waals surface area contributed by atoms with Gasteiger partial charge in [-0.2, -0.15) is 4.98 Å². The summed E-state index contributed by atoms with van der Waals surface area (Å²) in [5.74, 6) is 11.5. The Morgan fingerprint density at radius 2 is 1.07 bits per heavy atom. The summed E-state index contributed by atoms with van der Waals surface area (Å²) in [6.07, 6.45) is 34.5. The standard InChI is InChI=1S/C19H23N3O2.C19H24N2.C18H22ClNS.C17H26N2O2/c23-19-9-13-6-14(10-19)8-18(7-13,12-19)20-11-16-21-17(24-22-16)15-4-2-1-3-5-15;1-2-4-18-16(3-1)8-17(21-18)12-20-19-9-13-5-14(10-19)7-15(6-13)11-19;19-17-6-15-4-14(5-16(15)21-17)10-20-18-7-11-1-12(8-18)3-13(2-11)9-18;1-11(2)15-4-14(19-21-15)9-18-16-5-12-3-13(6-16)8-17(20,7-12)10-16/h1-5,13-14,20,23H,6-12H2;1-4,8,13-15,20-21H,5-7,9-12H2;4,6,11-13,20H,1-3,5,7-10H2;4,11-13,18,20H,3,5-10H2,1-2H3. The Morgan fingerprint density at radius 3 is 1.60 bits per heavy atom. The first-order valence-electron chi connectivity index (χ1n) is 34.4. The van der Waals surface area contributed by atoms with Crippen LogP contribution >= 0.6 is 22.9 Å². The van der Waals surface area contributed by atoms with E-state index >= 15 is 0 Å². The molecule has 4 heterocycles. The lowest BCUT2D eigenvalue weighted by Crippen LogP contribution is -2.64. The fourth-order valence-electron chi connectivity index (χ4n) is 22.8. The van der Waals surface area contributed by atoms with E-state index in [1.807, 2.05) is 30.3 Å². The number of hydrogen-bond donors (Lipinski definition) is 7. The summed E-state index contributed by atoms with van der Waals surface area (Å²) in [7, 11) is 0. The van der Waals surface area contributed by atoms with Gasteiger partial charge in [-0.25, -0.2) is 0 Å². The minimum Gasteiger partial charge on any atom is -0.390 e. The van der Waals surface area contributed by atoms with Crippen molar-refractivity contribution in [3.8, 4) is 11.5 Å². The van der Waals surface area contributed by atoms with Crippen LogP contribution in [0.15, 0.2) is 87.4 Å². The van der Waals surface area contributed by atoms with Gasteiger partial charge in [-0.3, -0.25) is 0 Å². The van der Waals surface area contributed by atoms with Crippen molar-refractivity contribution in [3.05, 3.63) is 116 Å². The Bertz CT molecular complexity index is 3340. The summed E-state index contributed by atoms with van der Waals surface area (Å²) in [6.45, 7) is 7.68. The first-order valence-corrected chi connectivity index (χ1v) is 35.5. The Balaban J connectivity index is 0.0000000939. The van der Waals surface area contributed by atoms with Crippen LogP contribution in [0.4, 0.5) is 0 Å². The van der Waals surface area contributed by atoms with Gasteiger partial charge in [-0.05, 0) is 255 Å². The normalized spacial score (nSPS) is 38.8. The van der Waals surface area contributed by atoms with E-state index in [0.717, 1.165) is 121 Å². The third-order valence-corrected chi connectivity index (χ3v) is 25.8. The van der Waals surface area contributed by atoms with E-state index in [1.165, 1.54) is 143 Å². The van der Waals surface area contributed by atoms with E-state index in [1.54, 1.807) is 16.9 Å². The molecule has 17 aliphatic rings. The molecule has 0 saturated heterocycles. The maximum atomic E-state index is 10.8. The number of hydrogen-bond acceptors (Lipinski definition) is 12. The van der Waals surface area contributed by atoms with Crippen molar-refractivity contribution in [3.63, 3.8) is 0 Å². The molecule has 464 valence electrons. The minimum absolute atomic E-state index is 0.0619. The molecule has 0 radical (unpaired) electrons. The predicted molar refractivity (Wildman–Crippen MR) is 345 cm³/mol. The van der Waals surface area contributed by atoms with E-state index in [-0.39, 0.29) is 11.1 Å². The number of fused-ring (bicyclic) bond motifs is 2. The summed E-state index contributed by atoms with van der Waals surface area (Å²) in [5, 5.41) is 46.6. The largest absolute Gasteiger partial charge is 0.390 e. The number of nitrogens with one attached hydrogen (secondary N) is 5. The van der Waals surface area contributed by atoms with Crippen molar-refractivity contribution in [2.24, 2.45) is 59.2 Å². The molecule has 14 heteroatoms. The van der Waals surface area contributed by atoms with E-state index < -0.39 is 11.2 Å². The second-order valence-electron chi connectivity index (χ2n) is 32.3. The molecule has 16 fully saturated rings. The molecule has 7 N–H and O–H groups in total. The van der Waals surface area contributed by atoms with E-state index in [2.05, 4.69) is 104 Å². The second-order valence-corrected chi connectivity index (χ2v) is 34.1. The van der Waals surface area contributed by atoms with E-state index in [0.29, 0.717) is 58.9 Å². The molecule has 6 aromatic rings. The van der Waals surface area contributed by atoms with Crippen LogP contribution in [-0.2, 0) is 26.1 Å². The summed E-state index contributed by atoms with van der Waals surface area (Å²) in [5.41, 5.74) is 7.77. The SMILES string of the molecule is CC(C)c1cc(CNC23CC4CC(CC(O)(C4)C2)C3)no1.Clc1cc2c(s1)CC(CNC13CC4CC(CC(C4)C1)C3)=C2.OC12CC3CC(C1)CC(NCc1noc(-c4ccccc4)n1)(C3)C2.c1ccc2[nH]c(CNC34CC5CC(CC(C5)C3)C4)cc2c1. The maximum Gasteiger partial charge on any atom is 0.257 e. The molecule has 4 aromatic heterocycles. The summed E-state index contributed by atoms with van der Waals surface area (Å²) in [4.78, 5) is 9.54. The molecule has 0 amide bonds. The molecule has 12 nitrogen and oxygen atoms in total. The van der Waals surface area contributed by atoms with Gasteiger partial charge in [0.05, 0.1) is 27.8 Å². The molecule has 2 aromatic carbocycles. The van der Waals surface area contributed by atoms with E-state index in [9.17, 15) is 10.2 Å². The number of aliphatic hydroxyl groups is 2. The highest BCUT2D eigenvalue weighted by Crippen LogP contribution is 2.60. The van der Waals surface area contributed by atoms with Gasteiger partial charge in [0.15, 0.2) is 5.82 Å². The van der Waals surface area contributed by atoms with Gasteiger partial charge in [0.1, 0.15) is 5.76 Å². The lowest BCUT2D eigenvalue weighted by atomic mass is 9.51. The molecule has 0 aliphatic heterocycles. The highest BCUT2D eigenvalue weighted by molar-refractivity contribution is 7.16. The van der Waals surface area contributed by atoms with Gasteiger partial charge in [-0.15, -0.1) is 11.3 Å². The summed E-state index contributed by atoms with van der Waals surface area (Å²) >= 11 is 7.84. The van der Waals surface area contributed by atoms with Gasteiger partial charge in [0.25, 0.3) is 5.89 Å². The molecule has 4 unspecified atom stereocenters. The number of rotatable bonds is 14.